The number of aliphatic imine (C=N–C) groups is 1. The minimum atomic E-state index is 0.462. The summed E-state index contributed by atoms with van der Waals surface area (Å²) >= 11 is 3.49. The van der Waals surface area contributed by atoms with Crippen LogP contribution >= 0.6 is 15.9 Å². The first kappa shape index (κ1) is 18.0. The van der Waals surface area contributed by atoms with E-state index < -0.39 is 0 Å². The normalized spacial score (nSPS) is 16.8. The lowest BCUT2D eigenvalue weighted by molar-refractivity contribution is 0.198. The van der Waals surface area contributed by atoms with Crippen molar-refractivity contribution in [3.8, 4) is 0 Å². The molecule has 1 saturated heterocycles. The van der Waals surface area contributed by atoms with Crippen LogP contribution in [0.15, 0.2) is 56.5 Å². The molecule has 6 heteroatoms. The van der Waals surface area contributed by atoms with Gasteiger partial charge in [0.25, 0.3) is 0 Å². The second-order valence-electron chi connectivity index (χ2n) is 6.33. The van der Waals surface area contributed by atoms with E-state index >= 15 is 0 Å². The number of hydrogen-bond acceptors (Lipinski definition) is 3. The summed E-state index contributed by atoms with van der Waals surface area (Å²) in [6.07, 6.45) is 3.93. The van der Waals surface area contributed by atoms with Crippen molar-refractivity contribution in [2.75, 3.05) is 20.1 Å². The average Bonchev–Trinajstić information content (AvgIpc) is 3.15. The van der Waals surface area contributed by atoms with Crippen LogP contribution in [0.2, 0.25) is 0 Å². The third-order valence-corrected chi connectivity index (χ3v) is 5.01. The third-order valence-electron chi connectivity index (χ3n) is 4.48. The Labute approximate surface area is 157 Å². The predicted molar refractivity (Wildman–Crippen MR) is 104 cm³/mol. The highest BCUT2D eigenvalue weighted by atomic mass is 79.9. The van der Waals surface area contributed by atoms with Crippen molar-refractivity contribution in [2.45, 2.75) is 32.0 Å². The molecule has 2 N–H and O–H groups in total. The Morgan fingerprint density at radius 2 is 2.00 bits per heavy atom. The van der Waals surface area contributed by atoms with E-state index in [1.807, 2.05) is 12.1 Å². The van der Waals surface area contributed by atoms with Gasteiger partial charge in [0, 0.05) is 37.2 Å². The predicted octanol–water partition coefficient (Wildman–Crippen LogP) is 3.37. The SMILES string of the molecule is CN=C(NCc1ccco1)NC1CCN(Cc2ccc(Br)cc2)CC1. The van der Waals surface area contributed by atoms with Crippen LogP contribution in [0.4, 0.5) is 0 Å². The van der Waals surface area contributed by atoms with Crippen LogP contribution in [-0.2, 0) is 13.1 Å². The van der Waals surface area contributed by atoms with Crippen molar-refractivity contribution in [3.05, 3.63) is 58.5 Å². The second kappa shape index (κ2) is 9.06. The van der Waals surface area contributed by atoms with Gasteiger partial charge in [0.05, 0.1) is 12.8 Å². The highest BCUT2D eigenvalue weighted by Crippen LogP contribution is 2.16. The molecule has 3 rings (SSSR count). The molecule has 25 heavy (non-hydrogen) atoms. The van der Waals surface area contributed by atoms with Crippen molar-refractivity contribution in [2.24, 2.45) is 4.99 Å². The van der Waals surface area contributed by atoms with E-state index in [4.69, 9.17) is 4.42 Å². The van der Waals surface area contributed by atoms with E-state index in [1.165, 1.54) is 5.56 Å². The number of furan rings is 1. The topological polar surface area (TPSA) is 52.8 Å². The van der Waals surface area contributed by atoms with Crippen LogP contribution in [0.5, 0.6) is 0 Å². The summed E-state index contributed by atoms with van der Waals surface area (Å²) in [4.78, 5) is 6.83. The molecule has 2 heterocycles. The fourth-order valence-corrected chi connectivity index (χ4v) is 3.32. The van der Waals surface area contributed by atoms with Gasteiger partial charge in [0.1, 0.15) is 5.76 Å². The van der Waals surface area contributed by atoms with Gasteiger partial charge in [-0.1, -0.05) is 28.1 Å². The van der Waals surface area contributed by atoms with Crippen LogP contribution in [0.25, 0.3) is 0 Å². The van der Waals surface area contributed by atoms with Crippen molar-refractivity contribution in [1.29, 1.82) is 0 Å². The van der Waals surface area contributed by atoms with Crippen LogP contribution in [0.1, 0.15) is 24.2 Å². The van der Waals surface area contributed by atoms with Crippen molar-refractivity contribution in [1.82, 2.24) is 15.5 Å². The van der Waals surface area contributed by atoms with Gasteiger partial charge in [-0.25, -0.2) is 0 Å². The zero-order valence-electron chi connectivity index (χ0n) is 14.5. The lowest BCUT2D eigenvalue weighted by atomic mass is 10.0. The number of nitrogens with one attached hydrogen (secondary N) is 2. The molecule has 1 fully saturated rings. The number of likely N-dealkylation sites (tertiary alicyclic amines) is 1. The van der Waals surface area contributed by atoms with Gasteiger partial charge < -0.3 is 15.1 Å². The Kier molecular flexibility index (Phi) is 6.53. The molecule has 0 spiro atoms. The highest BCUT2D eigenvalue weighted by Gasteiger charge is 2.20. The lowest BCUT2D eigenvalue weighted by Gasteiger charge is -2.33. The molecule has 1 aliphatic heterocycles. The summed E-state index contributed by atoms with van der Waals surface area (Å²) < 4.78 is 6.47. The second-order valence-corrected chi connectivity index (χ2v) is 7.24. The number of hydrogen-bond donors (Lipinski definition) is 2. The first-order valence-corrected chi connectivity index (χ1v) is 9.48. The van der Waals surface area contributed by atoms with Crippen LogP contribution in [0.3, 0.4) is 0 Å². The molecule has 0 radical (unpaired) electrons. The zero-order chi connectivity index (χ0) is 17.5. The molecule has 0 saturated carbocycles. The van der Waals surface area contributed by atoms with Gasteiger partial charge in [-0.2, -0.15) is 0 Å². The third kappa shape index (κ3) is 5.61. The number of rotatable bonds is 5. The number of halogens is 1. The fraction of sp³-hybridized carbons (Fsp3) is 0.421. The first-order valence-electron chi connectivity index (χ1n) is 8.69. The fourth-order valence-electron chi connectivity index (χ4n) is 3.06. The standard InChI is InChI=1S/C19H25BrN4O/c1-21-19(22-13-18-3-2-12-25-18)23-17-8-10-24(11-9-17)14-15-4-6-16(20)7-5-15/h2-7,12,17H,8-11,13-14H2,1H3,(H2,21,22,23). The molecule has 134 valence electrons. The number of nitrogens with zero attached hydrogens (tertiary/aromatic N) is 2. The molecule has 1 aliphatic rings. The van der Waals surface area contributed by atoms with E-state index in [0.29, 0.717) is 12.6 Å². The quantitative estimate of drug-likeness (QED) is 0.592. The summed E-state index contributed by atoms with van der Waals surface area (Å²) in [6, 6.07) is 12.9. The van der Waals surface area contributed by atoms with Gasteiger partial charge in [-0.05, 0) is 42.7 Å². The van der Waals surface area contributed by atoms with Gasteiger partial charge in [0.15, 0.2) is 5.96 Å². The van der Waals surface area contributed by atoms with Crippen LogP contribution in [-0.4, -0.2) is 37.0 Å². The molecule has 1 aromatic heterocycles. The largest absolute Gasteiger partial charge is 0.467 e. The Morgan fingerprint density at radius 1 is 1.24 bits per heavy atom. The summed E-state index contributed by atoms with van der Waals surface area (Å²) in [5.74, 6) is 1.75. The Bertz CT molecular complexity index is 661. The maximum atomic E-state index is 5.34. The number of guanidine groups is 1. The summed E-state index contributed by atoms with van der Waals surface area (Å²) in [7, 11) is 1.81. The maximum absolute atomic E-state index is 5.34. The Hall–Kier alpha value is -1.79. The molecular formula is C19H25BrN4O. The monoisotopic (exact) mass is 404 g/mol. The molecular weight excluding hydrogens is 380 g/mol. The average molecular weight is 405 g/mol. The zero-order valence-corrected chi connectivity index (χ0v) is 16.1. The van der Waals surface area contributed by atoms with Gasteiger partial charge in [-0.3, -0.25) is 9.89 Å². The first-order chi connectivity index (χ1) is 12.2. The summed E-state index contributed by atoms with van der Waals surface area (Å²) in [5.41, 5.74) is 1.37. The van der Waals surface area contributed by atoms with E-state index in [-0.39, 0.29) is 0 Å². The van der Waals surface area contributed by atoms with Gasteiger partial charge in [-0.15, -0.1) is 0 Å². The Morgan fingerprint density at radius 3 is 2.64 bits per heavy atom. The smallest absolute Gasteiger partial charge is 0.191 e. The molecule has 2 aromatic rings. The molecule has 0 atom stereocenters. The maximum Gasteiger partial charge on any atom is 0.191 e. The molecule has 0 unspecified atom stereocenters. The summed E-state index contributed by atoms with van der Waals surface area (Å²) in [5, 5.41) is 6.83. The van der Waals surface area contributed by atoms with E-state index in [9.17, 15) is 0 Å². The van der Waals surface area contributed by atoms with Gasteiger partial charge in [0.2, 0.25) is 0 Å². The highest BCUT2D eigenvalue weighted by molar-refractivity contribution is 9.10. The lowest BCUT2D eigenvalue weighted by Crippen LogP contribution is -2.48. The molecule has 1 aromatic carbocycles. The number of benzene rings is 1. The van der Waals surface area contributed by atoms with Gasteiger partial charge >= 0.3 is 0 Å². The molecule has 0 bridgehead atoms. The minimum absolute atomic E-state index is 0.462. The van der Waals surface area contributed by atoms with Crippen molar-refractivity contribution in [3.63, 3.8) is 0 Å². The van der Waals surface area contributed by atoms with E-state index in [2.05, 4.69) is 60.7 Å². The van der Waals surface area contributed by atoms with E-state index in [0.717, 1.165) is 48.7 Å². The van der Waals surface area contributed by atoms with Crippen LogP contribution in [0, 0.1) is 0 Å². The van der Waals surface area contributed by atoms with Crippen LogP contribution < -0.4 is 10.6 Å². The number of piperidine rings is 1. The van der Waals surface area contributed by atoms with Crippen molar-refractivity contribution < 1.29 is 4.42 Å². The molecule has 0 amide bonds. The van der Waals surface area contributed by atoms with E-state index in [1.54, 1.807) is 13.3 Å². The summed E-state index contributed by atoms with van der Waals surface area (Å²) in [6.45, 7) is 3.87. The minimum Gasteiger partial charge on any atom is -0.467 e. The molecule has 0 aliphatic carbocycles. The Balaban J connectivity index is 1.41. The molecule has 5 nitrogen and oxygen atoms in total. The van der Waals surface area contributed by atoms with Crippen molar-refractivity contribution >= 4 is 21.9 Å².